The van der Waals surface area contributed by atoms with Gasteiger partial charge in [0.15, 0.2) is 0 Å². The summed E-state index contributed by atoms with van der Waals surface area (Å²) < 4.78 is 2.01. The van der Waals surface area contributed by atoms with Crippen molar-refractivity contribution < 1.29 is 0 Å². The van der Waals surface area contributed by atoms with Crippen LogP contribution in [0.25, 0.3) is 10.9 Å². The predicted molar refractivity (Wildman–Crippen MR) is 56.3 cm³/mol. The molecule has 1 aromatic carbocycles. The summed E-state index contributed by atoms with van der Waals surface area (Å²) in [5.74, 6) is 0. The summed E-state index contributed by atoms with van der Waals surface area (Å²) in [4.78, 5) is 15.2. The Kier molecular flexibility index (Phi) is 2.31. The zero-order chi connectivity index (χ0) is 9.97. The lowest BCUT2D eigenvalue weighted by atomic mass is 10.2. The molecule has 14 heavy (non-hydrogen) atoms. The van der Waals surface area contributed by atoms with Crippen LogP contribution in [0.2, 0.25) is 0 Å². The summed E-state index contributed by atoms with van der Waals surface area (Å²) in [7, 11) is 0. The summed E-state index contributed by atoms with van der Waals surface area (Å²) in [6.45, 7) is 3.00. The fourth-order valence-electron chi connectivity index (χ4n) is 1.58. The molecule has 0 fully saturated rings. The number of rotatable bonds is 2. The molecule has 0 aliphatic rings. The van der Waals surface area contributed by atoms with Gasteiger partial charge < -0.3 is 4.57 Å². The van der Waals surface area contributed by atoms with Crippen LogP contribution in [0.4, 0.5) is 0 Å². The number of aromatic nitrogens is 2. The van der Waals surface area contributed by atoms with Crippen molar-refractivity contribution in [3.8, 4) is 0 Å². The highest BCUT2D eigenvalue weighted by Crippen LogP contribution is 2.08. The normalized spacial score (nSPS) is 10.6. The van der Waals surface area contributed by atoms with Gasteiger partial charge in [0.2, 0.25) is 0 Å². The van der Waals surface area contributed by atoms with Crippen LogP contribution in [0.5, 0.6) is 0 Å². The highest BCUT2D eigenvalue weighted by atomic mass is 16.1. The first-order chi connectivity index (χ1) is 6.83. The van der Waals surface area contributed by atoms with Crippen molar-refractivity contribution in [2.24, 2.45) is 0 Å². The average Bonchev–Trinajstić information content (AvgIpc) is 2.23. The van der Waals surface area contributed by atoms with Crippen molar-refractivity contribution >= 4 is 10.9 Å². The Morgan fingerprint density at radius 3 is 2.93 bits per heavy atom. The van der Waals surface area contributed by atoms with Crippen LogP contribution in [0.15, 0.2) is 35.4 Å². The number of benzene rings is 1. The van der Waals surface area contributed by atoms with E-state index in [1.54, 1.807) is 6.33 Å². The minimum absolute atomic E-state index is 0.145. The lowest BCUT2D eigenvalue weighted by Crippen LogP contribution is -2.12. The van der Waals surface area contributed by atoms with Gasteiger partial charge in [-0.25, -0.2) is 0 Å². The smallest absolute Gasteiger partial charge is 0.280 e. The zero-order valence-corrected chi connectivity index (χ0v) is 8.10. The fraction of sp³-hybridized carbons (Fsp3) is 0.273. The molecule has 3 heteroatoms. The molecule has 0 amide bonds. The minimum atomic E-state index is -0.145. The average molecular weight is 188 g/mol. The maximum Gasteiger partial charge on any atom is 0.280 e. The molecule has 0 saturated heterocycles. The third-order valence-electron chi connectivity index (χ3n) is 2.22. The summed E-state index contributed by atoms with van der Waals surface area (Å²) >= 11 is 0. The lowest BCUT2D eigenvalue weighted by Gasteiger charge is -2.07. The first kappa shape index (κ1) is 8.94. The van der Waals surface area contributed by atoms with Crippen molar-refractivity contribution in [3.63, 3.8) is 0 Å². The Morgan fingerprint density at radius 1 is 1.36 bits per heavy atom. The van der Waals surface area contributed by atoms with Gasteiger partial charge in [0, 0.05) is 6.54 Å². The van der Waals surface area contributed by atoms with Crippen molar-refractivity contribution in [1.29, 1.82) is 0 Å². The Bertz CT molecular complexity index is 502. The molecule has 0 aliphatic carbocycles. The molecular weight excluding hydrogens is 176 g/mol. The van der Waals surface area contributed by atoms with E-state index >= 15 is 0 Å². The molecule has 0 saturated carbocycles. The monoisotopic (exact) mass is 188 g/mol. The van der Waals surface area contributed by atoms with Gasteiger partial charge >= 0.3 is 0 Å². The van der Waals surface area contributed by atoms with Crippen LogP contribution < -0.4 is 5.56 Å². The minimum Gasteiger partial charge on any atom is -0.332 e. The third-order valence-corrected chi connectivity index (χ3v) is 2.22. The highest BCUT2D eigenvalue weighted by molar-refractivity contribution is 5.77. The molecule has 0 unspecified atom stereocenters. The number of hydrogen-bond acceptors (Lipinski definition) is 2. The molecule has 0 spiro atoms. The topological polar surface area (TPSA) is 34.9 Å². The SMILES string of the molecule is CCCn1cnc(=O)c2ccccc21. The standard InChI is InChI=1S/C11H12N2O/c1-2-7-13-8-12-11(14)9-5-3-4-6-10(9)13/h3-6,8H,2,7H2,1H3. The Morgan fingerprint density at radius 2 is 2.14 bits per heavy atom. The van der Waals surface area contributed by atoms with Crippen molar-refractivity contribution in [1.82, 2.24) is 9.55 Å². The first-order valence-electron chi connectivity index (χ1n) is 4.77. The summed E-state index contributed by atoms with van der Waals surface area (Å²) in [6.07, 6.45) is 2.66. The second-order valence-corrected chi connectivity index (χ2v) is 3.26. The predicted octanol–water partition coefficient (Wildman–Crippen LogP) is 1.81. The maximum atomic E-state index is 11.4. The number of fused-ring (bicyclic) bond motifs is 1. The van der Waals surface area contributed by atoms with Gasteiger partial charge in [-0.3, -0.25) is 4.79 Å². The maximum absolute atomic E-state index is 11.4. The van der Waals surface area contributed by atoms with Crippen LogP contribution >= 0.6 is 0 Å². The number of aryl methyl sites for hydroxylation is 1. The molecule has 72 valence electrons. The summed E-state index contributed by atoms with van der Waals surface area (Å²) in [5.41, 5.74) is 0.822. The van der Waals surface area contributed by atoms with Crippen molar-refractivity contribution in [3.05, 3.63) is 40.9 Å². The van der Waals surface area contributed by atoms with E-state index in [1.807, 2.05) is 28.8 Å². The van der Waals surface area contributed by atoms with E-state index in [2.05, 4.69) is 11.9 Å². The molecule has 0 radical (unpaired) electrons. The van der Waals surface area contributed by atoms with E-state index in [0.29, 0.717) is 5.39 Å². The summed E-state index contributed by atoms with van der Waals surface area (Å²) in [5, 5.41) is 0.698. The first-order valence-corrected chi connectivity index (χ1v) is 4.77. The molecule has 0 atom stereocenters. The van der Waals surface area contributed by atoms with Gasteiger partial charge in [0.05, 0.1) is 17.2 Å². The van der Waals surface area contributed by atoms with Crippen LogP contribution in [0, 0.1) is 0 Å². The van der Waals surface area contributed by atoms with Gasteiger partial charge in [0.1, 0.15) is 0 Å². The van der Waals surface area contributed by atoms with Crippen molar-refractivity contribution in [2.45, 2.75) is 19.9 Å². The van der Waals surface area contributed by atoms with Gasteiger partial charge in [-0.2, -0.15) is 4.98 Å². The highest BCUT2D eigenvalue weighted by Gasteiger charge is 2.00. The Labute approximate surface area is 82.0 Å². The van der Waals surface area contributed by atoms with E-state index in [1.165, 1.54) is 0 Å². The molecule has 3 nitrogen and oxygen atoms in total. The molecule has 2 rings (SSSR count). The van der Waals surface area contributed by atoms with E-state index in [9.17, 15) is 4.79 Å². The summed E-state index contributed by atoms with van der Waals surface area (Å²) in [6, 6.07) is 7.57. The number of nitrogens with zero attached hydrogens (tertiary/aromatic N) is 2. The molecule has 1 aromatic heterocycles. The lowest BCUT2D eigenvalue weighted by molar-refractivity contribution is 0.683. The molecule has 0 bridgehead atoms. The molecule has 1 heterocycles. The van der Waals surface area contributed by atoms with Crippen LogP contribution in [-0.2, 0) is 6.54 Å². The van der Waals surface area contributed by atoms with Crippen LogP contribution in [-0.4, -0.2) is 9.55 Å². The van der Waals surface area contributed by atoms with Crippen LogP contribution in [0.1, 0.15) is 13.3 Å². The quantitative estimate of drug-likeness (QED) is 0.720. The Hall–Kier alpha value is -1.64. The van der Waals surface area contributed by atoms with Gasteiger partial charge in [0.25, 0.3) is 5.56 Å². The Balaban J connectivity index is 2.75. The van der Waals surface area contributed by atoms with Gasteiger partial charge in [-0.05, 0) is 18.6 Å². The van der Waals surface area contributed by atoms with E-state index in [-0.39, 0.29) is 5.56 Å². The van der Waals surface area contributed by atoms with E-state index in [0.717, 1.165) is 18.5 Å². The van der Waals surface area contributed by atoms with Gasteiger partial charge in [-0.1, -0.05) is 19.1 Å². The van der Waals surface area contributed by atoms with Crippen LogP contribution in [0.3, 0.4) is 0 Å². The zero-order valence-electron chi connectivity index (χ0n) is 8.10. The second kappa shape index (κ2) is 3.62. The number of hydrogen-bond donors (Lipinski definition) is 0. The molecular formula is C11H12N2O. The van der Waals surface area contributed by atoms with Crippen molar-refractivity contribution in [2.75, 3.05) is 0 Å². The molecule has 2 aromatic rings. The third kappa shape index (κ3) is 1.41. The number of para-hydroxylation sites is 1. The fourth-order valence-corrected chi connectivity index (χ4v) is 1.58. The largest absolute Gasteiger partial charge is 0.332 e. The second-order valence-electron chi connectivity index (χ2n) is 3.26. The molecule has 0 aliphatic heterocycles. The van der Waals surface area contributed by atoms with Gasteiger partial charge in [-0.15, -0.1) is 0 Å². The van der Waals surface area contributed by atoms with E-state index in [4.69, 9.17) is 0 Å². The molecule has 0 N–H and O–H groups in total. The van der Waals surface area contributed by atoms with E-state index < -0.39 is 0 Å².